The van der Waals surface area contributed by atoms with Crippen molar-refractivity contribution >= 4 is 29.3 Å². The Morgan fingerprint density at radius 3 is 2.60 bits per heavy atom. The number of hydrogen-bond donors (Lipinski definition) is 2. The second-order valence-corrected chi connectivity index (χ2v) is 6.06. The summed E-state index contributed by atoms with van der Waals surface area (Å²) >= 11 is 0. The first-order valence-electron chi connectivity index (χ1n) is 8.77. The molecule has 11 heteroatoms. The van der Waals surface area contributed by atoms with Crippen molar-refractivity contribution < 1.29 is 23.7 Å². The van der Waals surface area contributed by atoms with E-state index >= 15 is 0 Å². The Bertz CT molecular complexity index is 1120. The van der Waals surface area contributed by atoms with Crippen LogP contribution in [-0.4, -0.2) is 33.6 Å². The van der Waals surface area contributed by atoms with E-state index in [4.69, 9.17) is 14.9 Å². The molecule has 0 atom stereocenters. The molecule has 11 nitrogen and oxygen atoms in total. The van der Waals surface area contributed by atoms with Crippen LogP contribution in [0.1, 0.15) is 33.4 Å². The van der Waals surface area contributed by atoms with Crippen LogP contribution < -0.4 is 11.1 Å². The van der Waals surface area contributed by atoms with E-state index in [1.807, 2.05) is 0 Å². The van der Waals surface area contributed by atoms with Gasteiger partial charge in [-0.1, -0.05) is 12.1 Å². The van der Waals surface area contributed by atoms with Crippen LogP contribution in [0.15, 0.2) is 40.8 Å². The highest BCUT2D eigenvalue weighted by molar-refractivity contribution is 6.09. The number of aryl methyl sites for hydroxylation is 1. The van der Waals surface area contributed by atoms with Crippen LogP contribution >= 0.6 is 0 Å². The number of aromatic nitrogens is 2. The maximum atomic E-state index is 12.1. The average Bonchev–Trinajstić information content (AvgIpc) is 3.04. The first-order chi connectivity index (χ1) is 14.3. The van der Waals surface area contributed by atoms with E-state index in [1.165, 1.54) is 25.1 Å². The number of rotatable bonds is 7. The van der Waals surface area contributed by atoms with Crippen LogP contribution in [0.4, 0.5) is 17.4 Å². The molecule has 3 rings (SSSR count). The number of primary amides is 1. The molecule has 30 heavy (non-hydrogen) atoms. The molecule has 154 valence electrons. The molecule has 0 radical (unpaired) electrons. The molecule has 0 saturated heterocycles. The summed E-state index contributed by atoms with van der Waals surface area (Å²) in [6.07, 6.45) is 0. The topological polar surface area (TPSA) is 163 Å². The number of nitro groups is 1. The van der Waals surface area contributed by atoms with Gasteiger partial charge in [0, 0.05) is 17.7 Å². The minimum Gasteiger partial charge on any atom is -0.462 e. The number of carbonyl (C=O) groups excluding carboxylic acids is 2. The minimum atomic E-state index is -0.876. The van der Waals surface area contributed by atoms with E-state index in [0.717, 1.165) is 0 Å². The second-order valence-electron chi connectivity index (χ2n) is 6.06. The van der Waals surface area contributed by atoms with Gasteiger partial charge in [-0.2, -0.15) is 0 Å². The third-order valence-electron chi connectivity index (χ3n) is 4.07. The van der Waals surface area contributed by atoms with E-state index < -0.39 is 16.8 Å². The van der Waals surface area contributed by atoms with Gasteiger partial charge in [-0.3, -0.25) is 14.9 Å². The largest absolute Gasteiger partial charge is 0.462 e. The predicted molar refractivity (Wildman–Crippen MR) is 105 cm³/mol. The van der Waals surface area contributed by atoms with Gasteiger partial charge in [0.25, 0.3) is 11.6 Å². The summed E-state index contributed by atoms with van der Waals surface area (Å²) in [6.45, 7) is 3.25. The highest BCUT2D eigenvalue weighted by atomic mass is 16.6. The van der Waals surface area contributed by atoms with Crippen molar-refractivity contribution in [3.63, 3.8) is 0 Å². The zero-order valence-corrected chi connectivity index (χ0v) is 16.0. The summed E-state index contributed by atoms with van der Waals surface area (Å²) in [7, 11) is 0. The molecular formula is C19H17N5O6. The Morgan fingerprint density at radius 1 is 1.23 bits per heavy atom. The van der Waals surface area contributed by atoms with Gasteiger partial charge in [0.2, 0.25) is 5.88 Å². The lowest BCUT2D eigenvalue weighted by Gasteiger charge is -2.05. The van der Waals surface area contributed by atoms with Gasteiger partial charge in [0.05, 0.1) is 17.2 Å². The first kappa shape index (κ1) is 20.5. The molecule has 0 unspecified atom stereocenters. The number of nitrogens with zero attached hydrogens (tertiary/aromatic N) is 3. The third-order valence-corrected chi connectivity index (χ3v) is 4.07. The van der Waals surface area contributed by atoms with Gasteiger partial charge in [0.1, 0.15) is 16.9 Å². The third kappa shape index (κ3) is 4.09. The molecule has 0 saturated carbocycles. The van der Waals surface area contributed by atoms with Gasteiger partial charge in [0.15, 0.2) is 5.82 Å². The van der Waals surface area contributed by atoms with Crippen LogP contribution in [0, 0.1) is 17.0 Å². The fraction of sp³-hybridized carbons (Fsp3) is 0.158. The van der Waals surface area contributed by atoms with Crippen molar-refractivity contribution in [1.82, 2.24) is 10.2 Å². The number of nitrogens with two attached hydrogens (primary N) is 1. The summed E-state index contributed by atoms with van der Waals surface area (Å²) < 4.78 is 10.4. The molecule has 1 amide bonds. The Hall–Kier alpha value is -4.28. The fourth-order valence-electron chi connectivity index (χ4n) is 2.76. The van der Waals surface area contributed by atoms with Crippen LogP contribution in [0.25, 0.3) is 11.3 Å². The van der Waals surface area contributed by atoms with Gasteiger partial charge in [-0.25, -0.2) is 4.79 Å². The summed E-state index contributed by atoms with van der Waals surface area (Å²) in [5.74, 6) is -1.31. The number of esters is 1. The normalized spacial score (nSPS) is 10.5. The zero-order valence-electron chi connectivity index (χ0n) is 16.0. The molecule has 3 N–H and O–H groups in total. The summed E-state index contributed by atoms with van der Waals surface area (Å²) in [6, 6.07) is 9.08. The van der Waals surface area contributed by atoms with Crippen molar-refractivity contribution in [2.75, 3.05) is 11.9 Å². The number of carbonyl (C=O) groups is 2. The van der Waals surface area contributed by atoms with Gasteiger partial charge < -0.3 is 20.2 Å². The summed E-state index contributed by atoms with van der Waals surface area (Å²) in [5, 5.41) is 21.7. The van der Waals surface area contributed by atoms with E-state index in [9.17, 15) is 19.7 Å². The molecule has 1 aromatic carbocycles. The monoisotopic (exact) mass is 411 g/mol. The van der Waals surface area contributed by atoms with Crippen LogP contribution in [-0.2, 0) is 4.74 Å². The van der Waals surface area contributed by atoms with Crippen molar-refractivity contribution in [1.29, 1.82) is 0 Å². The first-order valence-corrected chi connectivity index (χ1v) is 8.77. The summed E-state index contributed by atoms with van der Waals surface area (Å²) in [4.78, 5) is 34.5. The number of hydrogen-bond acceptors (Lipinski definition) is 9. The molecular weight excluding hydrogens is 394 g/mol. The number of non-ortho nitro benzene ring substituents is 1. The maximum absolute atomic E-state index is 12.1. The number of nitrogens with one attached hydrogen (secondary N) is 1. The summed E-state index contributed by atoms with van der Waals surface area (Å²) in [5.41, 5.74) is 6.05. The molecule has 0 aliphatic heterocycles. The molecule has 0 aliphatic carbocycles. The van der Waals surface area contributed by atoms with Crippen molar-refractivity contribution in [2.45, 2.75) is 13.8 Å². The van der Waals surface area contributed by atoms with Crippen LogP contribution in [0.2, 0.25) is 0 Å². The van der Waals surface area contributed by atoms with Crippen molar-refractivity contribution in [2.24, 2.45) is 5.73 Å². The molecule has 0 fully saturated rings. The number of furan rings is 1. The highest BCUT2D eigenvalue weighted by Crippen LogP contribution is 2.30. The molecule has 0 aliphatic rings. The van der Waals surface area contributed by atoms with Crippen molar-refractivity contribution in [3.8, 4) is 11.3 Å². The Labute approximate surface area is 170 Å². The minimum absolute atomic E-state index is 0.0620. The number of benzene rings is 1. The van der Waals surface area contributed by atoms with Gasteiger partial charge in [-0.05, 0) is 26.0 Å². The molecule has 0 bridgehead atoms. The lowest BCUT2D eigenvalue weighted by atomic mass is 10.1. The standard InChI is InChI=1S/C19H17N5O6/c1-3-29-19(26)15-10(2)30-18(16(15)17(20)25)21-14-8-7-13(22-23-14)11-5-4-6-12(9-11)24(27)28/h4-9H,3H2,1-2H3,(H2,20,25)(H,21,23). The lowest BCUT2D eigenvalue weighted by molar-refractivity contribution is -0.384. The second kappa shape index (κ2) is 8.39. The Balaban J connectivity index is 1.90. The lowest BCUT2D eigenvalue weighted by Crippen LogP contribution is -2.18. The zero-order chi connectivity index (χ0) is 21.8. The van der Waals surface area contributed by atoms with Crippen molar-refractivity contribution in [3.05, 3.63) is 63.4 Å². The molecule has 0 spiro atoms. The number of anilines is 2. The number of nitro benzene ring substituents is 1. The fourth-order valence-corrected chi connectivity index (χ4v) is 2.76. The molecule has 2 aromatic heterocycles. The maximum Gasteiger partial charge on any atom is 0.342 e. The van der Waals surface area contributed by atoms with E-state index in [1.54, 1.807) is 25.1 Å². The Morgan fingerprint density at radius 2 is 2.00 bits per heavy atom. The average molecular weight is 411 g/mol. The van der Waals surface area contributed by atoms with Gasteiger partial charge in [-0.15, -0.1) is 10.2 Å². The van der Waals surface area contributed by atoms with Crippen LogP contribution in [0.5, 0.6) is 0 Å². The Kier molecular flexibility index (Phi) is 5.72. The van der Waals surface area contributed by atoms with E-state index in [-0.39, 0.29) is 40.9 Å². The smallest absolute Gasteiger partial charge is 0.342 e. The number of ether oxygens (including phenoxy) is 1. The predicted octanol–water partition coefficient (Wildman–Crippen LogP) is 2.97. The van der Waals surface area contributed by atoms with Crippen LogP contribution in [0.3, 0.4) is 0 Å². The quantitative estimate of drug-likeness (QED) is 0.338. The number of amides is 1. The van der Waals surface area contributed by atoms with E-state index in [2.05, 4.69) is 15.5 Å². The molecule has 2 heterocycles. The highest BCUT2D eigenvalue weighted by Gasteiger charge is 2.28. The molecule has 3 aromatic rings. The van der Waals surface area contributed by atoms with E-state index in [0.29, 0.717) is 11.3 Å². The SMILES string of the molecule is CCOC(=O)c1c(C)oc(Nc2ccc(-c3cccc([N+](=O)[O-])c3)nn2)c1C(N)=O. The van der Waals surface area contributed by atoms with Gasteiger partial charge >= 0.3 is 5.97 Å².